The average molecular weight is 288 g/mol. The molecule has 6 nitrogen and oxygen atoms in total. The number of hydrogen-bond donors (Lipinski definition) is 2. The lowest BCUT2D eigenvalue weighted by molar-refractivity contribution is -0.387. The van der Waals surface area contributed by atoms with Crippen LogP contribution in [0.4, 0.5) is 14.5 Å². The lowest BCUT2D eigenvalue weighted by atomic mass is 10.1. The van der Waals surface area contributed by atoms with Crippen LogP contribution in [0, 0.1) is 21.7 Å². The number of halogens is 2. The highest BCUT2D eigenvalue weighted by Crippen LogP contribution is 2.22. The summed E-state index contributed by atoms with van der Waals surface area (Å²) in [7, 11) is 0. The second-order valence-corrected chi connectivity index (χ2v) is 4.50. The van der Waals surface area contributed by atoms with Crippen molar-refractivity contribution in [3.8, 4) is 0 Å². The first kappa shape index (κ1) is 16.0. The Labute approximate surface area is 113 Å². The van der Waals surface area contributed by atoms with Crippen molar-refractivity contribution in [1.82, 2.24) is 5.32 Å². The summed E-state index contributed by atoms with van der Waals surface area (Å²) in [4.78, 5) is 21.2. The Morgan fingerprint density at radius 1 is 1.45 bits per heavy atom. The molecule has 1 aromatic carbocycles. The fraction of sp³-hybridized carbons (Fsp3) is 0.417. The number of rotatable bonds is 5. The fourth-order valence-electron chi connectivity index (χ4n) is 1.75. The lowest BCUT2D eigenvalue weighted by Gasteiger charge is -2.15. The van der Waals surface area contributed by atoms with Crippen LogP contribution in [0.3, 0.4) is 0 Å². The predicted molar refractivity (Wildman–Crippen MR) is 66.2 cm³/mol. The second kappa shape index (κ2) is 6.38. The van der Waals surface area contributed by atoms with Crippen molar-refractivity contribution in [3.63, 3.8) is 0 Å². The van der Waals surface area contributed by atoms with Crippen molar-refractivity contribution < 1.29 is 23.6 Å². The minimum atomic E-state index is -1.39. The third-order valence-corrected chi connectivity index (χ3v) is 2.53. The van der Waals surface area contributed by atoms with Crippen LogP contribution in [0.5, 0.6) is 0 Å². The molecule has 1 amide bonds. The Morgan fingerprint density at radius 3 is 2.55 bits per heavy atom. The number of nitrogens with one attached hydrogen (secondary N) is 1. The molecule has 0 fully saturated rings. The number of hydrogen-bond acceptors (Lipinski definition) is 4. The third-order valence-electron chi connectivity index (χ3n) is 2.53. The van der Waals surface area contributed by atoms with Crippen LogP contribution in [-0.4, -0.2) is 28.1 Å². The molecule has 0 heterocycles. The van der Waals surface area contributed by atoms with Gasteiger partial charge in [-0.25, -0.2) is 4.39 Å². The van der Waals surface area contributed by atoms with Gasteiger partial charge < -0.3 is 10.4 Å². The number of aliphatic hydroxyl groups is 1. The highest BCUT2D eigenvalue weighted by molar-refractivity contribution is 5.95. The van der Waals surface area contributed by atoms with Gasteiger partial charge in [0.25, 0.3) is 5.91 Å². The quantitative estimate of drug-likeness (QED) is 0.638. The van der Waals surface area contributed by atoms with Crippen molar-refractivity contribution >= 4 is 11.6 Å². The van der Waals surface area contributed by atoms with E-state index in [0.29, 0.717) is 12.1 Å². The van der Waals surface area contributed by atoms with E-state index >= 15 is 0 Å². The molecule has 0 saturated carbocycles. The molecule has 0 spiro atoms. The lowest BCUT2D eigenvalue weighted by Crippen LogP contribution is -2.35. The van der Waals surface area contributed by atoms with Gasteiger partial charge in [-0.3, -0.25) is 14.9 Å². The molecule has 2 atom stereocenters. The number of carbonyl (C=O) groups excluding carboxylic acids is 1. The molecule has 0 aliphatic heterocycles. The zero-order chi connectivity index (χ0) is 15.4. The number of benzene rings is 1. The Kier molecular flexibility index (Phi) is 5.09. The Hall–Kier alpha value is -2.09. The summed E-state index contributed by atoms with van der Waals surface area (Å²) in [6.45, 7) is 3.08. The molecule has 0 aliphatic carbocycles. The minimum absolute atomic E-state index is 0.213. The summed E-state index contributed by atoms with van der Waals surface area (Å²) in [5.41, 5.74) is -1.84. The van der Waals surface area contributed by atoms with Gasteiger partial charge in [-0.1, -0.05) is 0 Å². The smallest absolute Gasteiger partial charge is 0.308 e. The molecular weight excluding hydrogens is 274 g/mol. The maximum absolute atomic E-state index is 13.7. The van der Waals surface area contributed by atoms with Gasteiger partial charge in [-0.05, 0) is 26.3 Å². The van der Waals surface area contributed by atoms with Crippen molar-refractivity contribution in [2.24, 2.45) is 0 Å². The van der Waals surface area contributed by atoms with Crippen molar-refractivity contribution in [1.29, 1.82) is 0 Å². The molecule has 20 heavy (non-hydrogen) atoms. The molecule has 0 saturated heterocycles. The molecular formula is C12H14F2N2O4. The van der Waals surface area contributed by atoms with Gasteiger partial charge in [0.15, 0.2) is 0 Å². The van der Waals surface area contributed by atoms with Crippen molar-refractivity contribution in [2.45, 2.75) is 32.4 Å². The van der Waals surface area contributed by atoms with E-state index in [1.807, 2.05) is 0 Å². The number of nitrogens with zero attached hydrogens (tertiary/aromatic N) is 1. The maximum atomic E-state index is 13.7. The highest BCUT2D eigenvalue weighted by Gasteiger charge is 2.25. The number of nitro groups is 1. The van der Waals surface area contributed by atoms with Crippen molar-refractivity contribution in [2.75, 3.05) is 0 Å². The third kappa shape index (κ3) is 3.95. The van der Waals surface area contributed by atoms with Crippen LogP contribution in [0.25, 0.3) is 0 Å². The van der Waals surface area contributed by atoms with Gasteiger partial charge >= 0.3 is 5.69 Å². The van der Waals surface area contributed by atoms with E-state index in [1.165, 1.54) is 6.92 Å². The first-order chi connectivity index (χ1) is 9.22. The van der Waals surface area contributed by atoms with Crippen LogP contribution in [0.15, 0.2) is 12.1 Å². The molecule has 1 aromatic rings. The fourth-order valence-corrected chi connectivity index (χ4v) is 1.75. The van der Waals surface area contributed by atoms with E-state index in [0.717, 1.165) is 0 Å². The average Bonchev–Trinajstić information content (AvgIpc) is 2.29. The standard InChI is InChI=1S/C12H14F2N2O4/c1-6(3-7(2)17)15-12(18)9-4-8(13)5-10(11(9)14)16(19)20/h4-7,17H,3H2,1-2H3,(H,15,18). The van der Waals surface area contributed by atoms with Gasteiger partial charge in [-0.15, -0.1) is 0 Å². The van der Waals surface area contributed by atoms with Gasteiger partial charge in [0, 0.05) is 6.04 Å². The second-order valence-electron chi connectivity index (χ2n) is 4.50. The molecule has 0 aliphatic rings. The van der Waals surface area contributed by atoms with Crippen molar-refractivity contribution in [3.05, 3.63) is 39.4 Å². The molecule has 0 bridgehead atoms. The van der Waals surface area contributed by atoms with E-state index in [9.17, 15) is 23.7 Å². The molecule has 2 N–H and O–H groups in total. The first-order valence-electron chi connectivity index (χ1n) is 5.84. The van der Waals surface area contributed by atoms with Crippen LogP contribution < -0.4 is 5.32 Å². The van der Waals surface area contributed by atoms with Crippen LogP contribution in [0.1, 0.15) is 30.6 Å². The summed E-state index contributed by atoms with van der Waals surface area (Å²) in [5.74, 6) is -3.44. The number of aliphatic hydroxyl groups excluding tert-OH is 1. The summed E-state index contributed by atoms with van der Waals surface area (Å²) < 4.78 is 26.9. The van der Waals surface area contributed by atoms with Gasteiger partial charge in [0.05, 0.1) is 22.7 Å². The Balaban J connectivity index is 3.01. The topological polar surface area (TPSA) is 92.5 Å². The zero-order valence-corrected chi connectivity index (χ0v) is 10.9. The largest absolute Gasteiger partial charge is 0.393 e. The van der Waals surface area contributed by atoms with Crippen LogP contribution >= 0.6 is 0 Å². The molecule has 0 aromatic heterocycles. The number of nitro benzene ring substituents is 1. The minimum Gasteiger partial charge on any atom is -0.393 e. The first-order valence-corrected chi connectivity index (χ1v) is 5.84. The molecule has 110 valence electrons. The van der Waals surface area contributed by atoms with E-state index in [1.54, 1.807) is 6.92 Å². The summed E-state index contributed by atoms with van der Waals surface area (Å²) in [5, 5.41) is 22.0. The van der Waals surface area contributed by atoms with Gasteiger partial charge in [0.2, 0.25) is 5.82 Å². The molecule has 2 unspecified atom stereocenters. The van der Waals surface area contributed by atoms with Gasteiger partial charge in [-0.2, -0.15) is 4.39 Å². The Morgan fingerprint density at radius 2 is 2.05 bits per heavy atom. The number of carbonyl (C=O) groups is 1. The van der Waals surface area contributed by atoms with Crippen LogP contribution in [-0.2, 0) is 0 Å². The van der Waals surface area contributed by atoms with Gasteiger partial charge in [0.1, 0.15) is 5.82 Å². The monoisotopic (exact) mass is 288 g/mol. The van der Waals surface area contributed by atoms with E-state index in [-0.39, 0.29) is 6.42 Å². The molecule has 1 rings (SSSR count). The summed E-state index contributed by atoms with van der Waals surface area (Å²) in [6, 6.07) is 0.502. The Bertz CT molecular complexity index is 534. The highest BCUT2D eigenvalue weighted by atomic mass is 19.1. The molecule has 8 heteroatoms. The SMILES string of the molecule is CC(O)CC(C)NC(=O)c1cc(F)cc([N+](=O)[O-])c1F. The normalized spacial score (nSPS) is 13.7. The van der Waals surface area contributed by atoms with E-state index in [2.05, 4.69) is 5.32 Å². The predicted octanol–water partition coefficient (Wildman–Crippen LogP) is 1.76. The summed E-state index contributed by atoms with van der Waals surface area (Å²) >= 11 is 0. The zero-order valence-electron chi connectivity index (χ0n) is 10.9. The van der Waals surface area contributed by atoms with E-state index < -0.39 is 45.9 Å². The number of amides is 1. The maximum Gasteiger partial charge on any atom is 0.308 e. The van der Waals surface area contributed by atoms with E-state index in [4.69, 9.17) is 5.11 Å². The summed E-state index contributed by atoms with van der Waals surface area (Å²) in [6.07, 6.45) is -0.470. The molecule has 0 radical (unpaired) electrons. The van der Waals surface area contributed by atoms with Crippen LogP contribution in [0.2, 0.25) is 0 Å².